The lowest BCUT2D eigenvalue weighted by Crippen LogP contribution is -2.40. The van der Waals surface area contributed by atoms with Crippen LogP contribution in [0, 0.1) is 5.41 Å². The SMILES string of the molecule is CC(C)(C)C(=O)ON1C(=O)CC[C@H]1CN=[N+]=[N-]. The average molecular weight is 240 g/mol. The van der Waals surface area contributed by atoms with Gasteiger partial charge in [-0.15, -0.1) is 0 Å². The van der Waals surface area contributed by atoms with E-state index in [2.05, 4.69) is 10.0 Å². The first-order chi connectivity index (χ1) is 7.86. The predicted octanol–water partition coefficient (Wildman–Crippen LogP) is 1.79. The summed E-state index contributed by atoms with van der Waals surface area (Å²) in [5.41, 5.74) is 7.56. The lowest BCUT2D eigenvalue weighted by atomic mass is 9.98. The van der Waals surface area contributed by atoms with Gasteiger partial charge in [-0.05, 0) is 32.7 Å². The van der Waals surface area contributed by atoms with Gasteiger partial charge in [0.2, 0.25) is 0 Å². The average Bonchev–Trinajstić information content (AvgIpc) is 2.56. The zero-order valence-electron chi connectivity index (χ0n) is 10.2. The van der Waals surface area contributed by atoms with E-state index in [1.165, 1.54) is 0 Å². The van der Waals surface area contributed by atoms with Gasteiger partial charge in [-0.25, -0.2) is 4.79 Å². The molecule has 1 atom stereocenters. The summed E-state index contributed by atoms with van der Waals surface area (Å²) >= 11 is 0. The van der Waals surface area contributed by atoms with Crippen LogP contribution in [0.2, 0.25) is 0 Å². The molecule has 0 bridgehead atoms. The summed E-state index contributed by atoms with van der Waals surface area (Å²) in [6.07, 6.45) is 0.846. The van der Waals surface area contributed by atoms with Crippen molar-refractivity contribution in [3.8, 4) is 0 Å². The molecule has 0 N–H and O–H groups in total. The summed E-state index contributed by atoms with van der Waals surface area (Å²) in [4.78, 5) is 30.9. The fourth-order valence-electron chi connectivity index (χ4n) is 1.37. The van der Waals surface area contributed by atoms with Crippen LogP contribution in [0.15, 0.2) is 5.11 Å². The Balaban J connectivity index is 2.69. The van der Waals surface area contributed by atoms with E-state index in [0.29, 0.717) is 12.8 Å². The van der Waals surface area contributed by atoms with Crippen LogP contribution in [0.25, 0.3) is 10.4 Å². The van der Waals surface area contributed by atoms with Crippen LogP contribution >= 0.6 is 0 Å². The molecule has 1 aliphatic rings. The van der Waals surface area contributed by atoms with E-state index >= 15 is 0 Å². The predicted molar refractivity (Wildman–Crippen MR) is 59.4 cm³/mol. The van der Waals surface area contributed by atoms with Crippen LogP contribution in [-0.2, 0) is 14.4 Å². The van der Waals surface area contributed by atoms with Gasteiger partial charge in [-0.3, -0.25) is 4.79 Å². The Morgan fingerprint density at radius 2 is 2.29 bits per heavy atom. The second kappa shape index (κ2) is 5.05. The van der Waals surface area contributed by atoms with Gasteiger partial charge in [-0.1, -0.05) is 5.11 Å². The molecule has 1 heterocycles. The van der Waals surface area contributed by atoms with Crippen LogP contribution in [0.5, 0.6) is 0 Å². The minimum atomic E-state index is -0.675. The van der Waals surface area contributed by atoms with Gasteiger partial charge in [0.25, 0.3) is 5.91 Å². The van der Waals surface area contributed by atoms with Gasteiger partial charge < -0.3 is 4.84 Å². The summed E-state index contributed by atoms with van der Waals surface area (Å²) in [6.45, 7) is 5.24. The third-order valence-electron chi connectivity index (χ3n) is 2.42. The Kier molecular flexibility index (Phi) is 3.96. The van der Waals surface area contributed by atoms with Crippen LogP contribution in [0.3, 0.4) is 0 Å². The molecule has 1 aliphatic heterocycles. The van der Waals surface area contributed by atoms with Crippen LogP contribution in [0.4, 0.5) is 0 Å². The Morgan fingerprint density at radius 1 is 1.65 bits per heavy atom. The lowest BCUT2D eigenvalue weighted by molar-refractivity contribution is -0.207. The molecule has 0 aromatic carbocycles. The molecule has 7 nitrogen and oxygen atoms in total. The number of carbonyl (C=O) groups excluding carboxylic acids is 2. The van der Waals surface area contributed by atoms with Crippen LogP contribution in [0.1, 0.15) is 33.6 Å². The normalized spacial score (nSPS) is 20.1. The fraction of sp³-hybridized carbons (Fsp3) is 0.800. The van der Waals surface area contributed by atoms with Crippen LogP contribution in [-0.4, -0.2) is 29.5 Å². The summed E-state index contributed by atoms with van der Waals surface area (Å²) in [6, 6.07) is -0.343. The first kappa shape index (κ1) is 13.3. The molecular formula is C10H16N4O3. The number of carbonyl (C=O) groups is 2. The molecule has 1 amide bonds. The van der Waals surface area contributed by atoms with Crippen molar-refractivity contribution in [2.24, 2.45) is 10.5 Å². The van der Waals surface area contributed by atoms with E-state index in [1.54, 1.807) is 20.8 Å². The van der Waals surface area contributed by atoms with Crippen molar-refractivity contribution in [1.82, 2.24) is 5.06 Å². The number of hydrogen-bond acceptors (Lipinski definition) is 4. The van der Waals surface area contributed by atoms with E-state index in [9.17, 15) is 9.59 Å². The maximum atomic E-state index is 11.7. The van der Waals surface area contributed by atoms with Crippen molar-refractivity contribution in [2.75, 3.05) is 6.54 Å². The van der Waals surface area contributed by atoms with Crippen molar-refractivity contribution >= 4 is 11.9 Å². The zero-order chi connectivity index (χ0) is 13.1. The molecule has 0 spiro atoms. The van der Waals surface area contributed by atoms with Crippen LogP contribution < -0.4 is 0 Å². The Labute approximate surface area is 99.3 Å². The molecule has 0 aromatic heterocycles. The third kappa shape index (κ3) is 3.35. The highest BCUT2D eigenvalue weighted by molar-refractivity contribution is 5.81. The van der Waals surface area contributed by atoms with Crippen molar-refractivity contribution in [3.05, 3.63) is 10.4 Å². The lowest BCUT2D eigenvalue weighted by Gasteiger charge is -2.25. The van der Waals surface area contributed by atoms with E-state index in [0.717, 1.165) is 5.06 Å². The Bertz CT molecular complexity index is 368. The second-order valence-electron chi connectivity index (χ2n) is 4.95. The minimum absolute atomic E-state index is 0.125. The first-order valence-electron chi connectivity index (χ1n) is 5.41. The number of amides is 1. The van der Waals surface area contributed by atoms with Gasteiger partial charge in [-0.2, -0.15) is 5.06 Å². The molecule has 0 aliphatic carbocycles. The number of hydroxylamine groups is 2. The third-order valence-corrected chi connectivity index (χ3v) is 2.42. The quantitative estimate of drug-likeness (QED) is 0.427. The maximum Gasteiger partial charge on any atom is 0.337 e. The monoisotopic (exact) mass is 240 g/mol. The van der Waals surface area contributed by atoms with E-state index < -0.39 is 11.4 Å². The maximum absolute atomic E-state index is 11.7. The largest absolute Gasteiger partial charge is 0.337 e. The van der Waals surface area contributed by atoms with Crippen molar-refractivity contribution < 1.29 is 14.4 Å². The topological polar surface area (TPSA) is 95.4 Å². The summed E-state index contributed by atoms with van der Waals surface area (Å²) in [5, 5.41) is 4.45. The molecule has 1 fully saturated rings. The molecule has 0 aromatic rings. The number of rotatable bonds is 3. The molecule has 94 valence electrons. The minimum Gasteiger partial charge on any atom is -0.337 e. The highest BCUT2D eigenvalue weighted by Crippen LogP contribution is 2.23. The van der Waals surface area contributed by atoms with E-state index in [4.69, 9.17) is 10.4 Å². The number of nitrogens with zero attached hydrogens (tertiary/aromatic N) is 4. The van der Waals surface area contributed by atoms with Crippen molar-refractivity contribution in [2.45, 2.75) is 39.7 Å². The highest BCUT2D eigenvalue weighted by atomic mass is 16.7. The van der Waals surface area contributed by atoms with Crippen molar-refractivity contribution in [1.29, 1.82) is 0 Å². The van der Waals surface area contributed by atoms with Gasteiger partial charge >= 0.3 is 5.97 Å². The van der Waals surface area contributed by atoms with Gasteiger partial charge in [0.05, 0.1) is 11.5 Å². The summed E-state index contributed by atoms with van der Waals surface area (Å²) in [5.74, 6) is -0.723. The molecule has 7 heteroatoms. The molecule has 0 unspecified atom stereocenters. The van der Waals surface area contributed by atoms with E-state index in [1.807, 2.05) is 0 Å². The second-order valence-corrected chi connectivity index (χ2v) is 4.95. The highest BCUT2D eigenvalue weighted by Gasteiger charge is 2.36. The molecule has 0 saturated carbocycles. The fourth-order valence-corrected chi connectivity index (χ4v) is 1.37. The Morgan fingerprint density at radius 3 is 2.82 bits per heavy atom. The molecule has 1 saturated heterocycles. The van der Waals surface area contributed by atoms with Gasteiger partial charge in [0.15, 0.2) is 0 Å². The first-order valence-corrected chi connectivity index (χ1v) is 5.41. The van der Waals surface area contributed by atoms with E-state index in [-0.39, 0.29) is 18.5 Å². The zero-order valence-corrected chi connectivity index (χ0v) is 10.2. The smallest absolute Gasteiger partial charge is 0.337 e. The summed E-state index contributed by atoms with van der Waals surface area (Å²) in [7, 11) is 0. The standard InChI is InChI=1S/C10H16N4O3/c1-10(2,3)9(16)17-14-7(6-12-13-11)4-5-8(14)15/h7H,4-6H2,1-3H3/t7-/m0/s1. The Hall–Kier alpha value is -1.75. The van der Waals surface area contributed by atoms with Gasteiger partial charge in [0.1, 0.15) is 0 Å². The number of azide groups is 1. The molecule has 17 heavy (non-hydrogen) atoms. The molecule has 1 rings (SSSR count). The van der Waals surface area contributed by atoms with Crippen molar-refractivity contribution in [3.63, 3.8) is 0 Å². The van der Waals surface area contributed by atoms with Gasteiger partial charge in [0, 0.05) is 17.9 Å². The molecular weight excluding hydrogens is 224 g/mol. The summed E-state index contributed by atoms with van der Waals surface area (Å²) < 4.78 is 0. The number of hydrogen-bond donors (Lipinski definition) is 0. The molecule has 0 radical (unpaired) electrons.